The number of hydrogen-bond acceptors (Lipinski definition) is 5. The predicted octanol–water partition coefficient (Wildman–Crippen LogP) is 4.07. The van der Waals surface area contributed by atoms with Gasteiger partial charge in [0.2, 0.25) is 0 Å². The summed E-state index contributed by atoms with van der Waals surface area (Å²) in [5.41, 5.74) is 2.20. The number of pyridine rings is 2. The second-order valence-electron chi connectivity index (χ2n) is 5.29. The summed E-state index contributed by atoms with van der Waals surface area (Å²) < 4.78 is 10.4. The number of nitrogens with zero attached hydrogens (tertiary/aromatic N) is 2. The number of aromatic nitrogens is 2. The van der Waals surface area contributed by atoms with E-state index in [1.54, 1.807) is 62.0 Å². The number of methoxy groups -OCH3 is 2. The molecular formula is C19H16ClN3O3. The van der Waals surface area contributed by atoms with E-state index in [1.165, 1.54) is 7.11 Å². The normalized spacial score (nSPS) is 10.3. The number of halogens is 1. The quantitative estimate of drug-likeness (QED) is 0.734. The number of amides is 1. The third-order valence-corrected chi connectivity index (χ3v) is 3.97. The highest BCUT2D eigenvalue weighted by Crippen LogP contribution is 2.30. The zero-order chi connectivity index (χ0) is 18.5. The average molecular weight is 370 g/mol. The van der Waals surface area contributed by atoms with Gasteiger partial charge in [0.15, 0.2) is 11.5 Å². The van der Waals surface area contributed by atoms with E-state index in [0.29, 0.717) is 27.9 Å². The molecule has 0 bridgehead atoms. The first-order valence-corrected chi connectivity index (χ1v) is 8.10. The smallest absolute Gasteiger partial charge is 0.274 e. The second kappa shape index (κ2) is 7.84. The van der Waals surface area contributed by atoms with Crippen LogP contribution < -0.4 is 14.8 Å². The van der Waals surface area contributed by atoms with Crippen LogP contribution in [-0.4, -0.2) is 30.1 Å². The highest BCUT2D eigenvalue weighted by Gasteiger charge is 2.12. The lowest BCUT2D eigenvalue weighted by Gasteiger charge is -2.10. The molecule has 6 nitrogen and oxygen atoms in total. The Bertz CT molecular complexity index is 930. The molecule has 0 spiro atoms. The summed E-state index contributed by atoms with van der Waals surface area (Å²) in [5.74, 6) is 0.773. The van der Waals surface area contributed by atoms with Gasteiger partial charge in [-0.05, 0) is 36.4 Å². The van der Waals surface area contributed by atoms with Crippen LogP contribution in [0.25, 0.3) is 11.3 Å². The van der Waals surface area contributed by atoms with E-state index in [1.807, 2.05) is 0 Å². The molecule has 0 unspecified atom stereocenters. The molecule has 2 aromatic heterocycles. The van der Waals surface area contributed by atoms with Gasteiger partial charge < -0.3 is 14.8 Å². The molecule has 0 saturated heterocycles. The minimum absolute atomic E-state index is 0.274. The molecule has 132 valence electrons. The van der Waals surface area contributed by atoms with Gasteiger partial charge in [0, 0.05) is 29.7 Å². The first-order chi connectivity index (χ1) is 12.6. The van der Waals surface area contributed by atoms with Gasteiger partial charge in [-0.15, -0.1) is 0 Å². The number of rotatable bonds is 5. The number of anilines is 1. The van der Waals surface area contributed by atoms with Crippen LogP contribution in [0.3, 0.4) is 0 Å². The first-order valence-electron chi connectivity index (χ1n) is 7.72. The summed E-state index contributed by atoms with van der Waals surface area (Å²) in [5, 5.41) is 3.30. The van der Waals surface area contributed by atoms with Crippen LogP contribution >= 0.6 is 11.6 Å². The van der Waals surface area contributed by atoms with Crippen molar-refractivity contribution in [1.29, 1.82) is 0 Å². The Labute approximate surface area is 155 Å². The Hall–Kier alpha value is -3.12. The maximum atomic E-state index is 12.4. The van der Waals surface area contributed by atoms with Crippen molar-refractivity contribution in [3.05, 3.63) is 65.6 Å². The minimum Gasteiger partial charge on any atom is -0.493 e. The first kappa shape index (κ1) is 17.7. The topological polar surface area (TPSA) is 73.3 Å². The molecular weight excluding hydrogens is 354 g/mol. The molecule has 1 amide bonds. The Balaban J connectivity index is 1.77. The zero-order valence-electron chi connectivity index (χ0n) is 14.2. The van der Waals surface area contributed by atoms with E-state index in [9.17, 15) is 4.79 Å². The van der Waals surface area contributed by atoms with Crippen LogP contribution in [0.1, 0.15) is 10.5 Å². The average Bonchev–Trinajstić information content (AvgIpc) is 2.68. The second-order valence-corrected chi connectivity index (χ2v) is 5.70. The van der Waals surface area contributed by atoms with Crippen molar-refractivity contribution in [2.45, 2.75) is 0 Å². The molecule has 3 rings (SSSR count). The van der Waals surface area contributed by atoms with Gasteiger partial charge in [0.1, 0.15) is 5.69 Å². The van der Waals surface area contributed by atoms with E-state index >= 15 is 0 Å². The molecule has 1 N–H and O–H groups in total. The molecule has 1 aromatic carbocycles. The molecule has 0 aliphatic heterocycles. The summed E-state index contributed by atoms with van der Waals surface area (Å²) in [7, 11) is 3.09. The zero-order valence-corrected chi connectivity index (χ0v) is 14.9. The minimum atomic E-state index is -0.337. The fourth-order valence-electron chi connectivity index (χ4n) is 2.38. The maximum Gasteiger partial charge on any atom is 0.274 e. The van der Waals surface area contributed by atoms with Gasteiger partial charge in [-0.2, -0.15) is 0 Å². The number of carbonyl (C=O) groups excluding carboxylic acids is 1. The van der Waals surface area contributed by atoms with Gasteiger partial charge in [-0.25, -0.2) is 0 Å². The third-order valence-electron chi connectivity index (χ3n) is 3.67. The van der Waals surface area contributed by atoms with E-state index < -0.39 is 0 Å². The van der Waals surface area contributed by atoms with E-state index in [4.69, 9.17) is 21.1 Å². The van der Waals surface area contributed by atoms with Gasteiger partial charge in [0.05, 0.1) is 24.9 Å². The largest absolute Gasteiger partial charge is 0.493 e. The molecule has 0 fully saturated rings. The summed E-state index contributed by atoms with van der Waals surface area (Å²) in [6.45, 7) is 0. The van der Waals surface area contributed by atoms with Crippen LogP contribution in [0, 0.1) is 0 Å². The van der Waals surface area contributed by atoms with Crippen molar-refractivity contribution in [3.63, 3.8) is 0 Å². The summed E-state index contributed by atoms with van der Waals surface area (Å²) >= 11 is 6.13. The molecule has 2 heterocycles. The van der Waals surface area contributed by atoms with Crippen LogP contribution in [0.5, 0.6) is 11.5 Å². The lowest BCUT2D eigenvalue weighted by molar-refractivity contribution is 0.102. The van der Waals surface area contributed by atoms with Crippen molar-refractivity contribution in [3.8, 4) is 22.8 Å². The van der Waals surface area contributed by atoms with Crippen molar-refractivity contribution >= 4 is 23.2 Å². The van der Waals surface area contributed by atoms with Crippen molar-refractivity contribution in [2.75, 3.05) is 19.5 Å². The summed E-state index contributed by atoms with van der Waals surface area (Å²) in [6, 6.07) is 12.0. The predicted molar refractivity (Wildman–Crippen MR) is 100.0 cm³/mol. The molecule has 0 radical (unpaired) electrons. The Morgan fingerprint density at radius 2 is 1.85 bits per heavy atom. The Morgan fingerprint density at radius 3 is 2.50 bits per heavy atom. The van der Waals surface area contributed by atoms with Crippen LogP contribution in [0.15, 0.2) is 54.9 Å². The van der Waals surface area contributed by atoms with Crippen molar-refractivity contribution in [1.82, 2.24) is 9.97 Å². The number of nitrogens with one attached hydrogen (secondary N) is 1. The van der Waals surface area contributed by atoms with Crippen molar-refractivity contribution in [2.24, 2.45) is 0 Å². The molecule has 0 aliphatic rings. The maximum absolute atomic E-state index is 12.4. The van der Waals surface area contributed by atoms with E-state index in [0.717, 1.165) is 5.56 Å². The van der Waals surface area contributed by atoms with Crippen LogP contribution in [-0.2, 0) is 0 Å². The highest BCUT2D eigenvalue weighted by molar-refractivity contribution is 6.33. The fraction of sp³-hybridized carbons (Fsp3) is 0.105. The van der Waals surface area contributed by atoms with E-state index in [2.05, 4.69) is 15.3 Å². The molecule has 7 heteroatoms. The number of benzene rings is 1. The number of ether oxygens (including phenoxy) is 2. The molecule has 0 aliphatic carbocycles. The Kier molecular flexibility index (Phi) is 5.34. The van der Waals surface area contributed by atoms with Crippen molar-refractivity contribution < 1.29 is 14.3 Å². The fourth-order valence-corrected chi connectivity index (χ4v) is 2.61. The van der Waals surface area contributed by atoms with Gasteiger partial charge in [0.25, 0.3) is 5.91 Å². The number of hydrogen-bond donors (Lipinski definition) is 1. The third kappa shape index (κ3) is 3.75. The molecule has 26 heavy (non-hydrogen) atoms. The van der Waals surface area contributed by atoms with Gasteiger partial charge in [-0.3, -0.25) is 14.8 Å². The van der Waals surface area contributed by atoms with Crippen LogP contribution in [0.2, 0.25) is 5.02 Å². The monoisotopic (exact) mass is 369 g/mol. The number of carbonyl (C=O) groups is 1. The summed E-state index contributed by atoms with van der Waals surface area (Å²) in [4.78, 5) is 20.8. The highest BCUT2D eigenvalue weighted by atomic mass is 35.5. The van der Waals surface area contributed by atoms with E-state index in [-0.39, 0.29) is 11.6 Å². The van der Waals surface area contributed by atoms with Gasteiger partial charge in [-0.1, -0.05) is 11.6 Å². The molecule has 0 atom stereocenters. The Morgan fingerprint density at radius 1 is 1.04 bits per heavy atom. The van der Waals surface area contributed by atoms with Gasteiger partial charge >= 0.3 is 0 Å². The molecule has 0 saturated carbocycles. The lowest BCUT2D eigenvalue weighted by atomic mass is 10.1. The van der Waals surface area contributed by atoms with Crippen LogP contribution in [0.4, 0.5) is 5.69 Å². The molecule has 3 aromatic rings. The lowest BCUT2D eigenvalue weighted by Crippen LogP contribution is -2.13. The summed E-state index contributed by atoms with van der Waals surface area (Å²) in [6.07, 6.45) is 3.22. The SMILES string of the molecule is COc1ccc(NC(=O)c2ccc(-c3ncccc3Cl)cn2)cc1OC. The standard InChI is InChI=1S/C19H16ClN3O3/c1-25-16-8-6-13(10-17(16)26-2)23-19(24)15-7-5-12(11-22-15)18-14(20)4-3-9-21-18/h3-11H,1-2H3,(H,23,24).